The second-order valence-corrected chi connectivity index (χ2v) is 4.39. The molecule has 0 spiro atoms. The first-order valence-electron chi connectivity index (χ1n) is 6.31. The van der Waals surface area contributed by atoms with Crippen LogP contribution in [0.1, 0.15) is 19.8 Å². The van der Waals surface area contributed by atoms with E-state index in [4.69, 9.17) is 0 Å². The van der Waals surface area contributed by atoms with Crippen LogP contribution in [-0.2, 0) is 0 Å². The standard InChI is InChI=1S/C12H21N5/c1-3-17-8-4-5-10(9-17)15-11-6-7-14-12(13-2)16-11/h6-7,10H,3-5,8-9H2,1-2H3,(H2,13,14,15,16). The van der Waals surface area contributed by atoms with E-state index in [1.54, 1.807) is 6.20 Å². The molecular weight excluding hydrogens is 214 g/mol. The van der Waals surface area contributed by atoms with Gasteiger partial charge in [0.05, 0.1) is 0 Å². The molecule has 5 heteroatoms. The molecule has 17 heavy (non-hydrogen) atoms. The second kappa shape index (κ2) is 5.82. The summed E-state index contributed by atoms with van der Waals surface area (Å²) in [7, 11) is 1.83. The van der Waals surface area contributed by atoms with Crippen molar-refractivity contribution in [2.45, 2.75) is 25.8 Å². The van der Waals surface area contributed by atoms with Crippen LogP contribution in [0.2, 0.25) is 0 Å². The first-order chi connectivity index (χ1) is 8.31. The van der Waals surface area contributed by atoms with Gasteiger partial charge in [-0.2, -0.15) is 4.98 Å². The number of nitrogens with zero attached hydrogens (tertiary/aromatic N) is 3. The molecule has 94 valence electrons. The van der Waals surface area contributed by atoms with Crippen molar-refractivity contribution < 1.29 is 0 Å². The highest BCUT2D eigenvalue weighted by Gasteiger charge is 2.18. The predicted octanol–water partition coefficient (Wildman–Crippen LogP) is 1.41. The molecule has 1 unspecified atom stereocenters. The molecule has 1 aliphatic rings. The van der Waals surface area contributed by atoms with E-state index < -0.39 is 0 Å². The van der Waals surface area contributed by atoms with Crippen molar-refractivity contribution >= 4 is 11.8 Å². The summed E-state index contributed by atoms with van der Waals surface area (Å²) in [5.74, 6) is 1.57. The van der Waals surface area contributed by atoms with Crippen LogP contribution in [0, 0.1) is 0 Å². The van der Waals surface area contributed by atoms with Crippen molar-refractivity contribution in [1.29, 1.82) is 0 Å². The van der Waals surface area contributed by atoms with E-state index in [2.05, 4.69) is 32.4 Å². The Hall–Kier alpha value is -1.36. The minimum atomic E-state index is 0.503. The zero-order valence-corrected chi connectivity index (χ0v) is 10.6. The predicted molar refractivity (Wildman–Crippen MR) is 70.3 cm³/mol. The molecule has 2 heterocycles. The van der Waals surface area contributed by atoms with Crippen molar-refractivity contribution in [3.8, 4) is 0 Å². The average Bonchev–Trinajstić information content (AvgIpc) is 2.39. The van der Waals surface area contributed by atoms with E-state index in [1.807, 2.05) is 13.1 Å². The number of nitrogens with one attached hydrogen (secondary N) is 2. The Kier molecular flexibility index (Phi) is 4.14. The highest BCUT2D eigenvalue weighted by Crippen LogP contribution is 2.14. The Morgan fingerprint density at radius 3 is 3.18 bits per heavy atom. The molecule has 1 aliphatic heterocycles. The van der Waals surface area contributed by atoms with Crippen molar-refractivity contribution in [3.63, 3.8) is 0 Å². The van der Waals surface area contributed by atoms with E-state index in [1.165, 1.54) is 19.4 Å². The fraction of sp³-hybridized carbons (Fsp3) is 0.667. The number of likely N-dealkylation sites (tertiary alicyclic amines) is 1. The van der Waals surface area contributed by atoms with Gasteiger partial charge in [0, 0.05) is 25.8 Å². The summed E-state index contributed by atoms with van der Waals surface area (Å²) in [6.07, 6.45) is 4.26. The van der Waals surface area contributed by atoms with Crippen molar-refractivity contribution in [1.82, 2.24) is 14.9 Å². The number of likely N-dealkylation sites (N-methyl/N-ethyl adjacent to an activating group) is 1. The molecule has 0 aliphatic carbocycles. The van der Waals surface area contributed by atoms with Crippen LogP contribution in [-0.4, -0.2) is 47.6 Å². The molecule has 1 fully saturated rings. The summed E-state index contributed by atoms with van der Waals surface area (Å²) >= 11 is 0. The summed E-state index contributed by atoms with van der Waals surface area (Å²) < 4.78 is 0. The minimum Gasteiger partial charge on any atom is -0.366 e. The molecule has 0 saturated carbocycles. The number of hydrogen-bond donors (Lipinski definition) is 2. The van der Waals surface area contributed by atoms with Gasteiger partial charge in [-0.05, 0) is 32.0 Å². The van der Waals surface area contributed by atoms with E-state index >= 15 is 0 Å². The van der Waals surface area contributed by atoms with Crippen molar-refractivity contribution in [2.75, 3.05) is 37.3 Å². The third-order valence-electron chi connectivity index (χ3n) is 3.18. The van der Waals surface area contributed by atoms with Gasteiger partial charge in [-0.25, -0.2) is 4.98 Å². The third-order valence-corrected chi connectivity index (χ3v) is 3.18. The molecule has 2 rings (SSSR count). The first kappa shape index (κ1) is 12.1. The second-order valence-electron chi connectivity index (χ2n) is 4.39. The van der Waals surface area contributed by atoms with Gasteiger partial charge in [-0.1, -0.05) is 6.92 Å². The number of anilines is 2. The molecule has 1 atom stereocenters. The van der Waals surface area contributed by atoms with Gasteiger partial charge in [0.1, 0.15) is 5.82 Å². The fourth-order valence-corrected chi connectivity index (χ4v) is 2.23. The summed E-state index contributed by atoms with van der Waals surface area (Å²) in [5.41, 5.74) is 0. The van der Waals surface area contributed by atoms with Gasteiger partial charge >= 0.3 is 0 Å². The maximum atomic E-state index is 4.38. The maximum absolute atomic E-state index is 4.38. The van der Waals surface area contributed by atoms with E-state index in [9.17, 15) is 0 Å². The Labute approximate surface area is 103 Å². The summed E-state index contributed by atoms with van der Waals surface area (Å²) in [4.78, 5) is 11.0. The van der Waals surface area contributed by atoms with Gasteiger partial charge in [-0.3, -0.25) is 0 Å². The Balaban J connectivity index is 1.95. The van der Waals surface area contributed by atoms with E-state index in [0.717, 1.165) is 18.9 Å². The molecule has 1 aromatic rings. The largest absolute Gasteiger partial charge is 0.366 e. The van der Waals surface area contributed by atoms with Gasteiger partial charge in [0.25, 0.3) is 0 Å². The van der Waals surface area contributed by atoms with E-state index in [-0.39, 0.29) is 0 Å². The van der Waals surface area contributed by atoms with Crippen LogP contribution in [0.4, 0.5) is 11.8 Å². The monoisotopic (exact) mass is 235 g/mol. The molecule has 1 saturated heterocycles. The topological polar surface area (TPSA) is 53.1 Å². The van der Waals surface area contributed by atoms with Crippen LogP contribution < -0.4 is 10.6 Å². The summed E-state index contributed by atoms with van der Waals surface area (Å²) in [6.45, 7) is 5.67. The first-order valence-corrected chi connectivity index (χ1v) is 6.31. The Morgan fingerprint density at radius 2 is 2.41 bits per heavy atom. The molecular formula is C12H21N5. The summed E-state index contributed by atoms with van der Waals surface area (Å²) in [5, 5.41) is 6.44. The zero-order chi connectivity index (χ0) is 12.1. The molecule has 5 nitrogen and oxygen atoms in total. The number of hydrogen-bond acceptors (Lipinski definition) is 5. The van der Waals surface area contributed by atoms with Gasteiger partial charge < -0.3 is 15.5 Å². The highest BCUT2D eigenvalue weighted by atomic mass is 15.2. The summed E-state index contributed by atoms with van der Waals surface area (Å²) in [6, 6.07) is 2.43. The lowest BCUT2D eigenvalue weighted by molar-refractivity contribution is 0.226. The molecule has 0 amide bonds. The van der Waals surface area contributed by atoms with Crippen LogP contribution in [0.5, 0.6) is 0 Å². The molecule has 0 bridgehead atoms. The van der Waals surface area contributed by atoms with Gasteiger partial charge in [0.15, 0.2) is 0 Å². The third kappa shape index (κ3) is 3.30. The number of rotatable bonds is 4. The lowest BCUT2D eigenvalue weighted by atomic mass is 10.1. The molecule has 1 aromatic heterocycles. The zero-order valence-electron chi connectivity index (χ0n) is 10.6. The average molecular weight is 235 g/mol. The smallest absolute Gasteiger partial charge is 0.224 e. The number of aromatic nitrogens is 2. The molecule has 0 aromatic carbocycles. The van der Waals surface area contributed by atoms with Crippen LogP contribution >= 0.6 is 0 Å². The van der Waals surface area contributed by atoms with Crippen LogP contribution in [0.15, 0.2) is 12.3 Å². The fourth-order valence-electron chi connectivity index (χ4n) is 2.23. The van der Waals surface area contributed by atoms with Gasteiger partial charge in [0.2, 0.25) is 5.95 Å². The van der Waals surface area contributed by atoms with Crippen molar-refractivity contribution in [2.24, 2.45) is 0 Å². The van der Waals surface area contributed by atoms with Gasteiger partial charge in [-0.15, -0.1) is 0 Å². The Morgan fingerprint density at radius 1 is 1.53 bits per heavy atom. The normalized spacial score (nSPS) is 21.2. The van der Waals surface area contributed by atoms with Crippen LogP contribution in [0.3, 0.4) is 0 Å². The number of piperidine rings is 1. The lowest BCUT2D eigenvalue weighted by Gasteiger charge is -2.32. The molecule has 0 radical (unpaired) electrons. The quantitative estimate of drug-likeness (QED) is 0.826. The minimum absolute atomic E-state index is 0.503. The van der Waals surface area contributed by atoms with E-state index in [0.29, 0.717) is 12.0 Å². The lowest BCUT2D eigenvalue weighted by Crippen LogP contribution is -2.41. The Bertz CT molecular complexity index is 355. The molecule has 2 N–H and O–H groups in total. The maximum Gasteiger partial charge on any atom is 0.224 e. The SMILES string of the molecule is CCN1CCCC(Nc2ccnc(NC)n2)C1. The van der Waals surface area contributed by atoms with Crippen LogP contribution in [0.25, 0.3) is 0 Å². The highest BCUT2D eigenvalue weighted by molar-refractivity contribution is 5.40. The van der Waals surface area contributed by atoms with Crippen molar-refractivity contribution in [3.05, 3.63) is 12.3 Å².